The van der Waals surface area contributed by atoms with Gasteiger partial charge in [0.05, 0.1) is 11.4 Å². The van der Waals surface area contributed by atoms with Gasteiger partial charge in [-0.1, -0.05) is 23.7 Å². The largest absolute Gasteiger partial charge is 0.329 e. The monoisotopic (exact) mass is 328 g/mol. The van der Waals surface area contributed by atoms with Gasteiger partial charge in [0.25, 0.3) is 5.56 Å². The number of rotatable bonds is 3. The number of halogens is 1. The van der Waals surface area contributed by atoms with E-state index in [4.69, 9.17) is 11.6 Å². The van der Waals surface area contributed by atoms with Crippen LogP contribution in [0.2, 0.25) is 5.15 Å². The Morgan fingerprint density at radius 1 is 1.19 bits per heavy atom. The lowest BCUT2D eigenvalue weighted by atomic mass is 10.2. The maximum atomic E-state index is 12.0. The van der Waals surface area contributed by atoms with Crippen molar-refractivity contribution in [2.24, 2.45) is 0 Å². The minimum Gasteiger partial charge on any atom is -0.297 e. The number of H-pyrrole nitrogens is 1. The molecule has 0 radical (unpaired) electrons. The summed E-state index contributed by atoms with van der Waals surface area (Å²) in [7, 11) is -3.27. The molecule has 8 heteroatoms. The van der Waals surface area contributed by atoms with E-state index in [1.165, 1.54) is 19.1 Å². The fourth-order valence-corrected chi connectivity index (χ4v) is 2.60. The molecule has 2 aromatic rings. The molecule has 21 heavy (non-hydrogen) atoms. The molecule has 1 N–H and O–H groups in total. The molecule has 1 aromatic heterocycles. The molecule has 0 spiro atoms. The van der Waals surface area contributed by atoms with Gasteiger partial charge in [-0.25, -0.2) is 13.2 Å². The van der Waals surface area contributed by atoms with Gasteiger partial charge in [0.2, 0.25) is 0 Å². The van der Waals surface area contributed by atoms with Gasteiger partial charge in [0.15, 0.2) is 9.84 Å². The van der Waals surface area contributed by atoms with Crippen molar-refractivity contribution in [3.8, 4) is 0 Å². The van der Waals surface area contributed by atoms with Gasteiger partial charge in [0.1, 0.15) is 5.15 Å². The Morgan fingerprint density at radius 3 is 2.29 bits per heavy atom. The lowest BCUT2D eigenvalue weighted by molar-refractivity contribution is 0.601. The number of hydrogen-bond donors (Lipinski definition) is 1. The van der Waals surface area contributed by atoms with Crippen LogP contribution in [0.5, 0.6) is 0 Å². The summed E-state index contributed by atoms with van der Waals surface area (Å²) in [5.41, 5.74) is -0.195. The molecule has 0 fully saturated rings. The highest BCUT2D eigenvalue weighted by molar-refractivity contribution is 7.90. The van der Waals surface area contributed by atoms with Crippen LogP contribution in [0.4, 0.5) is 0 Å². The summed E-state index contributed by atoms with van der Waals surface area (Å²) in [4.78, 5) is 26.3. The summed E-state index contributed by atoms with van der Waals surface area (Å²) in [6, 6.07) is 6.00. The number of benzene rings is 1. The fourth-order valence-electron chi connectivity index (χ4n) is 1.81. The van der Waals surface area contributed by atoms with Gasteiger partial charge < -0.3 is 0 Å². The Balaban J connectivity index is 2.42. The number of aromatic amines is 1. The van der Waals surface area contributed by atoms with Crippen LogP contribution in [0.3, 0.4) is 0 Å². The number of hydrogen-bond acceptors (Lipinski definition) is 4. The first-order valence-electron chi connectivity index (χ1n) is 5.98. The number of nitrogens with one attached hydrogen (secondary N) is 1. The van der Waals surface area contributed by atoms with Crippen LogP contribution in [0.15, 0.2) is 38.8 Å². The Hall–Kier alpha value is -1.86. The molecule has 0 aliphatic heterocycles. The zero-order valence-corrected chi connectivity index (χ0v) is 13.0. The van der Waals surface area contributed by atoms with Crippen molar-refractivity contribution in [2.45, 2.75) is 18.4 Å². The van der Waals surface area contributed by atoms with Crippen LogP contribution in [0.25, 0.3) is 0 Å². The van der Waals surface area contributed by atoms with Gasteiger partial charge in [-0.2, -0.15) is 0 Å². The Morgan fingerprint density at radius 2 is 1.76 bits per heavy atom. The Kier molecular flexibility index (Phi) is 4.06. The summed E-state index contributed by atoms with van der Waals surface area (Å²) < 4.78 is 23.7. The van der Waals surface area contributed by atoms with Gasteiger partial charge >= 0.3 is 5.69 Å². The van der Waals surface area contributed by atoms with Crippen molar-refractivity contribution < 1.29 is 8.42 Å². The van der Waals surface area contributed by atoms with E-state index in [0.29, 0.717) is 5.56 Å². The minimum absolute atomic E-state index is 0.0219. The average molecular weight is 329 g/mol. The summed E-state index contributed by atoms with van der Waals surface area (Å²) in [6.45, 7) is 1.56. The van der Waals surface area contributed by atoms with Crippen LogP contribution < -0.4 is 11.2 Å². The quantitative estimate of drug-likeness (QED) is 0.849. The molecule has 6 nitrogen and oxygen atoms in total. The lowest BCUT2D eigenvalue weighted by Crippen LogP contribution is -2.36. The van der Waals surface area contributed by atoms with E-state index < -0.39 is 21.1 Å². The first-order chi connectivity index (χ1) is 9.70. The highest BCUT2D eigenvalue weighted by Gasteiger charge is 2.10. The standard InChI is InChI=1S/C13H13ClN2O4S/c1-8-11(14)15-13(18)16(12(8)17)7-9-3-5-10(6-4-9)21(2,19)20/h3-6H,7H2,1-2H3,(H,15,18). The van der Waals surface area contributed by atoms with E-state index in [2.05, 4.69) is 4.98 Å². The predicted molar refractivity (Wildman–Crippen MR) is 79.7 cm³/mol. The number of nitrogens with zero attached hydrogens (tertiary/aromatic N) is 1. The zero-order valence-electron chi connectivity index (χ0n) is 11.4. The third kappa shape index (κ3) is 3.25. The number of aromatic nitrogens is 2. The van der Waals surface area contributed by atoms with Crippen LogP contribution in [0.1, 0.15) is 11.1 Å². The SMILES string of the molecule is Cc1c(Cl)[nH]c(=O)n(Cc2ccc(S(C)(=O)=O)cc2)c1=O. The molecule has 112 valence electrons. The zero-order chi connectivity index (χ0) is 15.8. The second-order valence-electron chi connectivity index (χ2n) is 4.68. The second kappa shape index (κ2) is 5.50. The highest BCUT2D eigenvalue weighted by atomic mass is 35.5. The molecule has 0 saturated heterocycles. The van der Waals surface area contributed by atoms with E-state index in [0.717, 1.165) is 10.8 Å². The maximum absolute atomic E-state index is 12.0. The first-order valence-corrected chi connectivity index (χ1v) is 8.25. The molecule has 0 unspecified atom stereocenters. The fraction of sp³-hybridized carbons (Fsp3) is 0.231. The highest BCUT2D eigenvalue weighted by Crippen LogP contribution is 2.11. The third-order valence-electron chi connectivity index (χ3n) is 3.05. The van der Waals surface area contributed by atoms with E-state index in [9.17, 15) is 18.0 Å². The van der Waals surface area contributed by atoms with E-state index in [1.807, 2.05) is 0 Å². The lowest BCUT2D eigenvalue weighted by Gasteiger charge is -2.07. The summed E-state index contributed by atoms with van der Waals surface area (Å²) in [6.07, 6.45) is 1.11. The normalized spacial score (nSPS) is 11.6. The van der Waals surface area contributed by atoms with Crippen molar-refractivity contribution in [3.05, 3.63) is 61.4 Å². The molecule has 0 aliphatic carbocycles. The smallest absolute Gasteiger partial charge is 0.297 e. The Bertz CT molecular complexity index is 895. The topological polar surface area (TPSA) is 89.0 Å². The molecule has 0 saturated carbocycles. The molecule has 0 amide bonds. The van der Waals surface area contributed by atoms with Crippen LogP contribution in [0, 0.1) is 6.92 Å². The van der Waals surface area contributed by atoms with Gasteiger partial charge in [-0.15, -0.1) is 0 Å². The molecule has 0 atom stereocenters. The van der Waals surface area contributed by atoms with Crippen molar-refractivity contribution in [3.63, 3.8) is 0 Å². The van der Waals surface area contributed by atoms with Crippen LogP contribution in [-0.4, -0.2) is 24.2 Å². The van der Waals surface area contributed by atoms with E-state index in [-0.39, 0.29) is 22.2 Å². The van der Waals surface area contributed by atoms with E-state index in [1.54, 1.807) is 12.1 Å². The van der Waals surface area contributed by atoms with E-state index >= 15 is 0 Å². The second-order valence-corrected chi connectivity index (χ2v) is 7.07. The average Bonchev–Trinajstić information content (AvgIpc) is 2.41. The molecular weight excluding hydrogens is 316 g/mol. The predicted octanol–water partition coefficient (Wildman–Crippen LogP) is 0.950. The van der Waals surface area contributed by atoms with Crippen molar-refractivity contribution in [1.29, 1.82) is 0 Å². The first kappa shape index (κ1) is 15.5. The minimum atomic E-state index is -3.27. The van der Waals surface area contributed by atoms with Gasteiger partial charge in [-0.3, -0.25) is 14.3 Å². The molecule has 2 rings (SSSR count). The van der Waals surface area contributed by atoms with Crippen LogP contribution >= 0.6 is 11.6 Å². The number of sulfone groups is 1. The molecule has 0 bridgehead atoms. The summed E-state index contributed by atoms with van der Waals surface area (Å²) in [5, 5.41) is 0.0219. The van der Waals surface area contributed by atoms with Crippen molar-refractivity contribution in [2.75, 3.05) is 6.26 Å². The summed E-state index contributed by atoms with van der Waals surface area (Å²) in [5.74, 6) is 0. The molecule has 0 aliphatic rings. The summed E-state index contributed by atoms with van der Waals surface area (Å²) >= 11 is 5.73. The van der Waals surface area contributed by atoms with Gasteiger partial charge in [0, 0.05) is 11.8 Å². The molecular formula is C13H13ClN2O4S. The van der Waals surface area contributed by atoms with Crippen molar-refractivity contribution in [1.82, 2.24) is 9.55 Å². The molecule has 1 aromatic carbocycles. The van der Waals surface area contributed by atoms with Gasteiger partial charge in [-0.05, 0) is 24.6 Å². The maximum Gasteiger partial charge on any atom is 0.329 e. The Labute approximate surface area is 125 Å². The molecule has 1 heterocycles. The van der Waals surface area contributed by atoms with Crippen LogP contribution in [-0.2, 0) is 16.4 Å². The van der Waals surface area contributed by atoms with Crippen molar-refractivity contribution >= 4 is 21.4 Å². The third-order valence-corrected chi connectivity index (χ3v) is 4.56.